The van der Waals surface area contributed by atoms with Crippen molar-refractivity contribution in [2.75, 3.05) is 13.1 Å². The molecule has 24 heavy (non-hydrogen) atoms. The van der Waals surface area contributed by atoms with Crippen LogP contribution in [0.25, 0.3) is 0 Å². The van der Waals surface area contributed by atoms with Crippen LogP contribution in [0.1, 0.15) is 48.7 Å². The van der Waals surface area contributed by atoms with Crippen LogP contribution >= 0.6 is 35.3 Å². The van der Waals surface area contributed by atoms with Crippen molar-refractivity contribution < 1.29 is 4.74 Å². The lowest BCUT2D eigenvalue weighted by molar-refractivity contribution is 0.0992. The van der Waals surface area contributed by atoms with E-state index in [0.29, 0.717) is 18.2 Å². The summed E-state index contributed by atoms with van der Waals surface area (Å²) < 4.78 is 5.91. The molecule has 2 fully saturated rings. The van der Waals surface area contributed by atoms with E-state index in [1.165, 1.54) is 28.4 Å². The fraction of sp³-hybridized carbons (Fsp3) is 0.765. The number of nitrogens with one attached hydrogen (secondary N) is 2. The predicted molar refractivity (Wildman–Crippen MR) is 111 cm³/mol. The Hall–Kier alpha value is -0.410. The minimum atomic E-state index is 0. The van der Waals surface area contributed by atoms with Gasteiger partial charge in [-0.25, -0.2) is 4.98 Å². The fourth-order valence-corrected chi connectivity index (χ4v) is 4.48. The third-order valence-electron chi connectivity index (χ3n) is 4.64. The number of hydrogen-bond donors (Lipinski definition) is 2. The van der Waals surface area contributed by atoms with Gasteiger partial charge >= 0.3 is 0 Å². The third kappa shape index (κ3) is 4.82. The quantitative estimate of drug-likeness (QED) is 0.386. The number of fused-ring (bicyclic) bond motifs is 2. The van der Waals surface area contributed by atoms with Gasteiger partial charge < -0.3 is 15.4 Å². The van der Waals surface area contributed by atoms with Crippen LogP contribution in [0.2, 0.25) is 0 Å². The van der Waals surface area contributed by atoms with Gasteiger partial charge in [0.15, 0.2) is 5.96 Å². The van der Waals surface area contributed by atoms with Gasteiger partial charge in [-0.05, 0) is 39.5 Å². The number of aryl methyl sites for hydroxylation is 2. The zero-order valence-corrected chi connectivity index (χ0v) is 17.9. The van der Waals surface area contributed by atoms with Crippen molar-refractivity contribution in [2.24, 2.45) is 4.99 Å². The molecule has 0 aliphatic carbocycles. The Morgan fingerprint density at radius 3 is 2.79 bits per heavy atom. The predicted octanol–water partition coefficient (Wildman–Crippen LogP) is 3.05. The highest BCUT2D eigenvalue weighted by Crippen LogP contribution is 2.34. The summed E-state index contributed by atoms with van der Waals surface area (Å²) in [6.07, 6.45) is 6.28. The highest BCUT2D eigenvalue weighted by Gasteiger charge is 2.41. The van der Waals surface area contributed by atoms with Gasteiger partial charge in [-0.15, -0.1) is 35.3 Å². The average Bonchev–Trinajstić information content (AvgIpc) is 3.23. The lowest BCUT2D eigenvalue weighted by Crippen LogP contribution is -2.47. The number of ether oxygens (including phenoxy) is 1. The highest BCUT2D eigenvalue weighted by molar-refractivity contribution is 14.0. The molecule has 2 saturated heterocycles. The van der Waals surface area contributed by atoms with Crippen LogP contribution in [0.4, 0.5) is 0 Å². The number of nitrogens with zero attached hydrogens (tertiary/aromatic N) is 2. The maximum Gasteiger partial charge on any atom is 0.191 e. The Bertz CT molecular complexity index is 563. The minimum absolute atomic E-state index is 0. The molecule has 7 heteroatoms. The number of thiazole rings is 1. The molecule has 2 bridgehead atoms. The fourth-order valence-electron chi connectivity index (χ4n) is 3.47. The maximum atomic E-state index is 5.91. The van der Waals surface area contributed by atoms with E-state index >= 15 is 0 Å². The van der Waals surface area contributed by atoms with Crippen LogP contribution in [-0.4, -0.2) is 42.3 Å². The van der Waals surface area contributed by atoms with Gasteiger partial charge in [0.1, 0.15) is 0 Å². The van der Waals surface area contributed by atoms with Gasteiger partial charge in [0.05, 0.1) is 29.0 Å². The van der Waals surface area contributed by atoms with Crippen LogP contribution in [0, 0.1) is 6.92 Å². The molecule has 0 spiro atoms. The van der Waals surface area contributed by atoms with Gasteiger partial charge in [-0.1, -0.05) is 6.92 Å². The van der Waals surface area contributed by atoms with E-state index in [9.17, 15) is 0 Å². The van der Waals surface area contributed by atoms with Gasteiger partial charge in [0.2, 0.25) is 0 Å². The average molecular weight is 464 g/mol. The van der Waals surface area contributed by atoms with Gasteiger partial charge in [0, 0.05) is 24.4 Å². The molecule has 2 aliphatic rings. The van der Waals surface area contributed by atoms with Crippen molar-refractivity contribution in [3.63, 3.8) is 0 Å². The molecule has 3 atom stereocenters. The molecule has 2 N–H and O–H groups in total. The van der Waals surface area contributed by atoms with Crippen LogP contribution < -0.4 is 10.6 Å². The molecule has 0 saturated carbocycles. The first-order valence-electron chi connectivity index (χ1n) is 8.85. The summed E-state index contributed by atoms with van der Waals surface area (Å²) in [5, 5.41) is 8.11. The standard InChI is InChI=1S/C17H28N4OS.HI/c1-4-13-11(3)23-16(20-13)8-9-19-17(18-5-2)21-14-10-12-6-7-15(14)22-12;/h12,14-15H,4-10H2,1-3H3,(H2,18,19,21);1H. The summed E-state index contributed by atoms with van der Waals surface area (Å²) in [4.78, 5) is 10.8. The molecular weight excluding hydrogens is 435 g/mol. The number of hydrogen-bond acceptors (Lipinski definition) is 4. The summed E-state index contributed by atoms with van der Waals surface area (Å²) in [5.74, 6) is 0.914. The largest absolute Gasteiger partial charge is 0.373 e. The topological polar surface area (TPSA) is 58.5 Å². The number of halogens is 1. The third-order valence-corrected chi connectivity index (χ3v) is 5.71. The molecule has 3 heterocycles. The first-order valence-corrected chi connectivity index (χ1v) is 9.66. The summed E-state index contributed by atoms with van der Waals surface area (Å²) in [6, 6.07) is 0.417. The van der Waals surface area contributed by atoms with Crippen LogP contribution in [0.5, 0.6) is 0 Å². The van der Waals surface area contributed by atoms with E-state index in [2.05, 4.69) is 31.4 Å². The first-order chi connectivity index (χ1) is 11.2. The second-order valence-corrected chi connectivity index (χ2v) is 7.62. The van der Waals surface area contributed by atoms with E-state index < -0.39 is 0 Å². The Labute approximate surface area is 166 Å². The Kier molecular flexibility index (Phi) is 7.74. The molecule has 0 amide bonds. The Morgan fingerprint density at radius 1 is 1.38 bits per heavy atom. The normalized spacial score (nSPS) is 25.6. The van der Waals surface area contributed by atoms with Crippen molar-refractivity contribution in [1.29, 1.82) is 0 Å². The summed E-state index contributed by atoms with van der Waals surface area (Å²) >= 11 is 1.81. The van der Waals surface area contributed by atoms with Gasteiger partial charge in [-0.3, -0.25) is 4.99 Å². The van der Waals surface area contributed by atoms with Crippen molar-refractivity contribution in [1.82, 2.24) is 15.6 Å². The molecule has 0 radical (unpaired) electrons. The van der Waals surface area contributed by atoms with Crippen molar-refractivity contribution in [3.05, 3.63) is 15.6 Å². The molecule has 0 aromatic carbocycles. The number of rotatable bonds is 6. The van der Waals surface area contributed by atoms with E-state index in [4.69, 9.17) is 14.7 Å². The first kappa shape index (κ1) is 19.9. The Balaban J connectivity index is 0.00000208. The maximum absolute atomic E-state index is 5.91. The zero-order chi connectivity index (χ0) is 16.2. The molecule has 3 rings (SSSR count). The van der Waals surface area contributed by atoms with Crippen molar-refractivity contribution >= 4 is 41.3 Å². The second-order valence-electron chi connectivity index (χ2n) is 6.34. The van der Waals surface area contributed by atoms with E-state index in [1.54, 1.807) is 11.3 Å². The second kappa shape index (κ2) is 9.33. The molecule has 3 unspecified atom stereocenters. The van der Waals surface area contributed by atoms with Crippen LogP contribution in [-0.2, 0) is 17.6 Å². The summed E-state index contributed by atoms with van der Waals surface area (Å²) in [5.41, 5.74) is 1.23. The number of aliphatic imine (C=N–C) groups is 1. The monoisotopic (exact) mass is 464 g/mol. The SMILES string of the molecule is CCNC(=NCCc1nc(CC)c(C)s1)NC1CC2CCC1O2.I. The number of guanidine groups is 1. The van der Waals surface area contributed by atoms with Crippen molar-refractivity contribution in [2.45, 2.75) is 71.1 Å². The van der Waals surface area contributed by atoms with E-state index in [0.717, 1.165) is 38.3 Å². The number of aromatic nitrogens is 1. The van der Waals surface area contributed by atoms with E-state index in [1.807, 2.05) is 0 Å². The molecule has 5 nitrogen and oxygen atoms in total. The van der Waals surface area contributed by atoms with Gasteiger partial charge in [0.25, 0.3) is 0 Å². The van der Waals surface area contributed by atoms with Crippen LogP contribution in [0.3, 0.4) is 0 Å². The molecule has 1 aromatic rings. The summed E-state index contributed by atoms with van der Waals surface area (Å²) in [7, 11) is 0. The molecule has 1 aromatic heterocycles. The lowest BCUT2D eigenvalue weighted by atomic mass is 9.96. The van der Waals surface area contributed by atoms with E-state index in [-0.39, 0.29) is 24.0 Å². The van der Waals surface area contributed by atoms with Crippen LogP contribution in [0.15, 0.2) is 4.99 Å². The summed E-state index contributed by atoms with van der Waals surface area (Å²) in [6.45, 7) is 8.07. The minimum Gasteiger partial charge on any atom is -0.373 e. The Morgan fingerprint density at radius 2 is 2.21 bits per heavy atom. The smallest absolute Gasteiger partial charge is 0.191 e. The van der Waals surface area contributed by atoms with Crippen molar-refractivity contribution in [3.8, 4) is 0 Å². The molecular formula is C17H29IN4OS. The molecule has 136 valence electrons. The van der Waals surface area contributed by atoms with Gasteiger partial charge in [-0.2, -0.15) is 0 Å². The zero-order valence-electron chi connectivity index (χ0n) is 14.8. The molecule has 2 aliphatic heterocycles. The lowest BCUT2D eigenvalue weighted by Gasteiger charge is -2.22. The highest BCUT2D eigenvalue weighted by atomic mass is 127.